The molecule has 19 heavy (non-hydrogen) atoms. The molecule has 0 aliphatic heterocycles. The van der Waals surface area contributed by atoms with Gasteiger partial charge in [0.25, 0.3) is 10.1 Å². The maximum Gasteiger partial charge on any atom is 0.264 e. The Morgan fingerprint density at radius 1 is 1.26 bits per heavy atom. The first-order valence-corrected chi connectivity index (χ1v) is 7.09. The van der Waals surface area contributed by atoms with E-state index in [1.807, 2.05) is 0 Å². The van der Waals surface area contributed by atoms with Crippen LogP contribution in [0.4, 0.5) is 10.1 Å². The highest BCUT2D eigenvalue weighted by Gasteiger charge is 2.12. The van der Waals surface area contributed by atoms with Crippen LogP contribution >= 0.6 is 0 Å². The monoisotopic (exact) mass is 293 g/mol. The summed E-state index contributed by atoms with van der Waals surface area (Å²) in [6.07, 6.45) is 0.223. The fourth-order valence-electron chi connectivity index (χ4n) is 1.46. The van der Waals surface area contributed by atoms with Gasteiger partial charge in [-0.3, -0.25) is 4.55 Å². The summed E-state index contributed by atoms with van der Waals surface area (Å²) in [4.78, 5) is 0. The minimum atomic E-state index is -3.96. The predicted molar refractivity (Wildman–Crippen MR) is 69.0 cm³/mol. The van der Waals surface area contributed by atoms with Crippen molar-refractivity contribution in [3.05, 3.63) is 17.9 Å². The molecule has 0 amide bonds. The lowest BCUT2D eigenvalue weighted by atomic mass is 10.2. The van der Waals surface area contributed by atoms with E-state index in [1.165, 1.54) is 26.4 Å². The first-order valence-electron chi connectivity index (χ1n) is 5.48. The Labute approximate surface area is 111 Å². The van der Waals surface area contributed by atoms with Crippen molar-refractivity contribution in [3.63, 3.8) is 0 Å². The number of benzene rings is 1. The van der Waals surface area contributed by atoms with Crippen LogP contribution in [-0.2, 0) is 10.1 Å². The Morgan fingerprint density at radius 2 is 1.79 bits per heavy atom. The number of nitrogens with one attached hydrogen (secondary N) is 1. The molecule has 1 aromatic rings. The molecule has 2 N–H and O–H groups in total. The Hall–Kier alpha value is -1.54. The second kappa shape index (κ2) is 6.58. The van der Waals surface area contributed by atoms with Crippen LogP contribution in [0.15, 0.2) is 12.1 Å². The fraction of sp³-hybridized carbons (Fsp3) is 0.455. The van der Waals surface area contributed by atoms with Crippen molar-refractivity contribution in [1.82, 2.24) is 0 Å². The number of rotatable bonds is 7. The predicted octanol–water partition coefficient (Wildman–Crippen LogP) is 1.53. The van der Waals surface area contributed by atoms with Crippen LogP contribution in [0.5, 0.6) is 11.5 Å². The molecule has 0 unspecified atom stereocenters. The Balaban J connectivity index is 2.68. The number of methoxy groups -OCH3 is 2. The zero-order valence-corrected chi connectivity index (χ0v) is 11.5. The van der Waals surface area contributed by atoms with Crippen molar-refractivity contribution in [1.29, 1.82) is 0 Å². The molecule has 0 aliphatic carbocycles. The number of anilines is 1. The average Bonchev–Trinajstić information content (AvgIpc) is 2.35. The van der Waals surface area contributed by atoms with Gasteiger partial charge in [-0.1, -0.05) is 0 Å². The molecule has 0 aromatic heterocycles. The summed E-state index contributed by atoms with van der Waals surface area (Å²) in [6.45, 7) is 0.303. The van der Waals surface area contributed by atoms with Crippen molar-refractivity contribution < 1.29 is 26.8 Å². The second-order valence-corrected chi connectivity index (χ2v) is 5.33. The van der Waals surface area contributed by atoms with Crippen LogP contribution in [0, 0.1) is 5.82 Å². The van der Waals surface area contributed by atoms with Crippen LogP contribution in [0.2, 0.25) is 0 Å². The molecule has 108 valence electrons. The summed E-state index contributed by atoms with van der Waals surface area (Å²) in [7, 11) is -1.29. The van der Waals surface area contributed by atoms with Crippen LogP contribution in [-0.4, -0.2) is 39.5 Å². The van der Waals surface area contributed by atoms with Crippen molar-refractivity contribution in [3.8, 4) is 11.5 Å². The van der Waals surface area contributed by atoms with Crippen LogP contribution < -0.4 is 14.8 Å². The van der Waals surface area contributed by atoms with Gasteiger partial charge in [-0.2, -0.15) is 12.8 Å². The second-order valence-electron chi connectivity index (χ2n) is 3.76. The number of ether oxygens (including phenoxy) is 2. The fourth-order valence-corrected chi connectivity index (χ4v) is 1.97. The molecule has 0 saturated heterocycles. The number of halogens is 1. The van der Waals surface area contributed by atoms with Gasteiger partial charge in [0.15, 0.2) is 11.5 Å². The highest BCUT2D eigenvalue weighted by molar-refractivity contribution is 7.85. The van der Waals surface area contributed by atoms with Crippen LogP contribution in [0.25, 0.3) is 0 Å². The third-order valence-electron chi connectivity index (χ3n) is 2.35. The first kappa shape index (κ1) is 15.5. The summed E-state index contributed by atoms with van der Waals surface area (Å²) in [6, 6.07) is 2.87. The van der Waals surface area contributed by atoms with E-state index in [-0.39, 0.29) is 23.7 Å². The lowest BCUT2D eigenvalue weighted by Gasteiger charge is -2.11. The largest absolute Gasteiger partial charge is 0.493 e. The zero-order valence-electron chi connectivity index (χ0n) is 10.6. The topological polar surface area (TPSA) is 84.9 Å². The zero-order chi connectivity index (χ0) is 14.5. The van der Waals surface area contributed by atoms with Crippen molar-refractivity contribution in [2.24, 2.45) is 0 Å². The highest BCUT2D eigenvalue weighted by Crippen LogP contribution is 2.30. The van der Waals surface area contributed by atoms with E-state index in [0.717, 1.165) is 0 Å². The van der Waals surface area contributed by atoms with Gasteiger partial charge in [0.2, 0.25) is 5.82 Å². The molecule has 8 heteroatoms. The lowest BCUT2D eigenvalue weighted by Crippen LogP contribution is -2.10. The summed E-state index contributed by atoms with van der Waals surface area (Å²) in [5.74, 6) is -0.892. The maximum absolute atomic E-state index is 13.6. The number of hydrogen-bond acceptors (Lipinski definition) is 5. The third-order valence-corrected chi connectivity index (χ3v) is 3.16. The molecule has 0 heterocycles. The third kappa shape index (κ3) is 4.92. The smallest absolute Gasteiger partial charge is 0.264 e. The van der Waals surface area contributed by atoms with E-state index in [9.17, 15) is 12.8 Å². The Kier molecular flexibility index (Phi) is 5.37. The van der Waals surface area contributed by atoms with Crippen molar-refractivity contribution in [2.75, 3.05) is 31.8 Å². The quantitative estimate of drug-likeness (QED) is 0.586. The normalized spacial score (nSPS) is 11.2. The summed E-state index contributed by atoms with van der Waals surface area (Å²) < 4.78 is 52.9. The van der Waals surface area contributed by atoms with E-state index >= 15 is 0 Å². The van der Waals surface area contributed by atoms with Crippen LogP contribution in [0.3, 0.4) is 0 Å². The van der Waals surface area contributed by atoms with E-state index in [0.29, 0.717) is 12.2 Å². The van der Waals surface area contributed by atoms with Crippen molar-refractivity contribution in [2.45, 2.75) is 6.42 Å². The van der Waals surface area contributed by atoms with Gasteiger partial charge in [-0.15, -0.1) is 0 Å². The van der Waals surface area contributed by atoms with Gasteiger partial charge in [0, 0.05) is 24.4 Å². The maximum atomic E-state index is 13.6. The van der Waals surface area contributed by atoms with Gasteiger partial charge in [-0.05, 0) is 6.42 Å². The molecule has 0 radical (unpaired) electrons. The molecule has 0 saturated carbocycles. The molecule has 6 nitrogen and oxygen atoms in total. The van der Waals surface area contributed by atoms with Crippen LogP contribution in [0.1, 0.15) is 6.42 Å². The standard InChI is InChI=1S/C11H16FNO5S/c1-17-9-6-8(7-10(18-2)11(9)12)13-4-3-5-19(14,15)16/h6-7,13H,3-5H2,1-2H3,(H,14,15,16). The van der Waals surface area contributed by atoms with Gasteiger partial charge >= 0.3 is 0 Å². The Bertz CT molecular complexity index is 507. The molecule has 0 fully saturated rings. The molecule has 0 atom stereocenters. The molecule has 0 aliphatic rings. The molecule has 0 bridgehead atoms. The summed E-state index contributed by atoms with van der Waals surface area (Å²) in [5, 5.41) is 2.89. The van der Waals surface area contributed by atoms with E-state index in [4.69, 9.17) is 14.0 Å². The lowest BCUT2D eigenvalue weighted by molar-refractivity contribution is 0.351. The van der Waals surface area contributed by atoms with Gasteiger partial charge in [0.05, 0.1) is 20.0 Å². The average molecular weight is 293 g/mol. The first-order chi connectivity index (χ1) is 8.87. The van der Waals surface area contributed by atoms with E-state index < -0.39 is 15.9 Å². The molecular weight excluding hydrogens is 277 g/mol. The Morgan fingerprint density at radius 3 is 2.21 bits per heavy atom. The van der Waals surface area contributed by atoms with Gasteiger partial charge < -0.3 is 14.8 Å². The molecular formula is C11H16FNO5S. The van der Waals surface area contributed by atoms with E-state index in [2.05, 4.69) is 5.32 Å². The van der Waals surface area contributed by atoms with Gasteiger partial charge in [-0.25, -0.2) is 0 Å². The minimum absolute atomic E-state index is 0.0247. The minimum Gasteiger partial charge on any atom is -0.493 e. The number of hydrogen-bond donors (Lipinski definition) is 2. The summed E-state index contributed by atoms with van der Waals surface area (Å²) in [5.41, 5.74) is 0.533. The highest BCUT2D eigenvalue weighted by atomic mass is 32.2. The van der Waals surface area contributed by atoms with Gasteiger partial charge in [0.1, 0.15) is 0 Å². The molecule has 1 rings (SSSR count). The molecule has 1 aromatic carbocycles. The molecule has 0 spiro atoms. The van der Waals surface area contributed by atoms with Crippen molar-refractivity contribution >= 4 is 15.8 Å². The van der Waals surface area contributed by atoms with E-state index in [1.54, 1.807) is 0 Å². The summed E-state index contributed by atoms with van der Waals surface area (Å²) >= 11 is 0. The SMILES string of the molecule is COc1cc(NCCCS(=O)(=O)O)cc(OC)c1F.